The van der Waals surface area contributed by atoms with E-state index in [2.05, 4.69) is 6.58 Å². The van der Waals surface area contributed by atoms with Crippen molar-refractivity contribution in [3.05, 3.63) is 12.7 Å². The predicted octanol–water partition coefficient (Wildman–Crippen LogP) is 1.41. The van der Waals surface area contributed by atoms with Gasteiger partial charge in [0, 0.05) is 6.42 Å². The highest BCUT2D eigenvalue weighted by atomic mass is 16.5. The molecule has 0 rings (SSSR count). The Labute approximate surface area is 66.3 Å². The number of rotatable bonds is 4. The van der Waals surface area contributed by atoms with Crippen LogP contribution in [0.4, 0.5) is 0 Å². The maximum absolute atomic E-state index is 10.7. The van der Waals surface area contributed by atoms with Crippen molar-refractivity contribution in [2.75, 3.05) is 0 Å². The Hall–Kier alpha value is -1.30. The Bertz CT molecular complexity index is 181. The molecule has 1 unspecified atom stereocenters. The molecule has 0 aliphatic heterocycles. The van der Waals surface area contributed by atoms with Crippen LogP contribution in [0.2, 0.25) is 0 Å². The summed E-state index contributed by atoms with van der Waals surface area (Å²) in [6.07, 6.45) is 1.51. The van der Waals surface area contributed by atoms with E-state index in [4.69, 9.17) is 10.00 Å². The van der Waals surface area contributed by atoms with Crippen LogP contribution >= 0.6 is 0 Å². The monoisotopic (exact) mass is 153 g/mol. The van der Waals surface area contributed by atoms with Gasteiger partial charge >= 0.3 is 5.97 Å². The first-order chi connectivity index (χ1) is 5.24. The molecule has 0 fully saturated rings. The first kappa shape index (κ1) is 9.70. The van der Waals surface area contributed by atoms with Crippen molar-refractivity contribution in [3.63, 3.8) is 0 Å². The number of esters is 1. The summed E-state index contributed by atoms with van der Waals surface area (Å²) >= 11 is 0. The fraction of sp³-hybridized carbons (Fsp3) is 0.500. The molecule has 60 valence electrons. The Balaban J connectivity index is 3.79. The lowest BCUT2D eigenvalue weighted by atomic mass is 10.3. The van der Waals surface area contributed by atoms with E-state index in [1.54, 1.807) is 6.92 Å². The molecule has 0 aromatic heterocycles. The van der Waals surface area contributed by atoms with Crippen LogP contribution in [0.1, 0.15) is 19.8 Å². The summed E-state index contributed by atoms with van der Waals surface area (Å²) < 4.78 is 4.81. The Morgan fingerprint density at radius 2 is 2.55 bits per heavy atom. The highest BCUT2D eigenvalue weighted by molar-refractivity contribution is 5.69. The zero-order valence-electron chi connectivity index (χ0n) is 6.54. The van der Waals surface area contributed by atoms with Gasteiger partial charge in [-0.25, -0.2) is 0 Å². The van der Waals surface area contributed by atoms with Crippen LogP contribution in [0.25, 0.3) is 0 Å². The molecular formula is C8H11NO2. The van der Waals surface area contributed by atoms with E-state index in [9.17, 15) is 4.79 Å². The minimum atomic E-state index is -0.451. The zero-order chi connectivity index (χ0) is 8.69. The van der Waals surface area contributed by atoms with Crippen molar-refractivity contribution < 1.29 is 9.53 Å². The van der Waals surface area contributed by atoms with Gasteiger partial charge in [-0.05, 0) is 0 Å². The minimum absolute atomic E-state index is 0.176. The largest absolute Gasteiger partial charge is 0.457 e. The minimum Gasteiger partial charge on any atom is -0.457 e. The number of nitrogens with zero attached hydrogens (tertiary/aromatic N) is 1. The molecule has 0 bridgehead atoms. The van der Waals surface area contributed by atoms with Gasteiger partial charge < -0.3 is 4.74 Å². The summed E-state index contributed by atoms with van der Waals surface area (Å²) in [5.74, 6) is -0.301. The quantitative estimate of drug-likeness (QED) is 0.453. The third kappa shape index (κ3) is 4.15. The molecule has 0 saturated heterocycles. The molecule has 0 radical (unpaired) electrons. The molecule has 0 aliphatic carbocycles. The highest BCUT2D eigenvalue weighted by Gasteiger charge is 2.07. The molecular weight excluding hydrogens is 142 g/mol. The van der Waals surface area contributed by atoms with Gasteiger partial charge in [0.1, 0.15) is 6.10 Å². The van der Waals surface area contributed by atoms with Crippen LogP contribution in [-0.2, 0) is 9.53 Å². The van der Waals surface area contributed by atoms with E-state index in [1.165, 1.54) is 6.08 Å². The summed E-state index contributed by atoms with van der Waals surface area (Å²) in [6, 6.07) is 1.90. The second-order valence-corrected chi connectivity index (χ2v) is 1.98. The average molecular weight is 153 g/mol. The van der Waals surface area contributed by atoms with Crippen LogP contribution < -0.4 is 0 Å². The van der Waals surface area contributed by atoms with Crippen molar-refractivity contribution in [1.29, 1.82) is 5.26 Å². The first-order valence-electron chi connectivity index (χ1n) is 3.43. The van der Waals surface area contributed by atoms with E-state index in [0.29, 0.717) is 6.42 Å². The molecule has 0 aromatic carbocycles. The maximum atomic E-state index is 10.7. The van der Waals surface area contributed by atoms with Crippen LogP contribution in [0.15, 0.2) is 12.7 Å². The van der Waals surface area contributed by atoms with Gasteiger partial charge in [0.2, 0.25) is 0 Å². The van der Waals surface area contributed by atoms with Crippen molar-refractivity contribution in [2.45, 2.75) is 25.9 Å². The summed E-state index contributed by atoms with van der Waals surface area (Å²) in [6.45, 7) is 5.14. The zero-order valence-corrected chi connectivity index (χ0v) is 6.54. The van der Waals surface area contributed by atoms with Crippen LogP contribution in [0.5, 0.6) is 0 Å². The molecule has 11 heavy (non-hydrogen) atoms. The fourth-order valence-corrected chi connectivity index (χ4v) is 0.515. The van der Waals surface area contributed by atoms with Gasteiger partial charge in [-0.2, -0.15) is 5.26 Å². The fourth-order valence-electron chi connectivity index (χ4n) is 0.515. The van der Waals surface area contributed by atoms with Gasteiger partial charge in [0.05, 0.1) is 12.5 Å². The maximum Gasteiger partial charge on any atom is 0.306 e. The Morgan fingerprint density at radius 3 is 2.91 bits per heavy atom. The standard InChI is InChI=1S/C8H11NO2/c1-3-7(5-6-9)11-8(10)4-2/h3,7H,1,4-5H2,2H3. The van der Waals surface area contributed by atoms with Crippen molar-refractivity contribution in [3.8, 4) is 6.07 Å². The van der Waals surface area contributed by atoms with Gasteiger partial charge in [0.15, 0.2) is 0 Å². The van der Waals surface area contributed by atoms with Gasteiger partial charge in [0.25, 0.3) is 0 Å². The number of nitriles is 1. The van der Waals surface area contributed by atoms with Gasteiger partial charge in [-0.15, -0.1) is 0 Å². The summed E-state index contributed by atoms with van der Waals surface area (Å²) in [4.78, 5) is 10.7. The number of carbonyl (C=O) groups is 1. The van der Waals surface area contributed by atoms with Crippen molar-refractivity contribution in [2.24, 2.45) is 0 Å². The van der Waals surface area contributed by atoms with E-state index in [0.717, 1.165) is 0 Å². The second-order valence-electron chi connectivity index (χ2n) is 1.98. The third-order valence-corrected chi connectivity index (χ3v) is 1.13. The molecule has 3 heteroatoms. The smallest absolute Gasteiger partial charge is 0.306 e. The van der Waals surface area contributed by atoms with E-state index in [1.807, 2.05) is 6.07 Å². The predicted molar refractivity (Wildman–Crippen MR) is 40.6 cm³/mol. The number of carbonyl (C=O) groups excluding carboxylic acids is 1. The van der Waals surface area contributed by atoms with Crippen LogP contribution in [0.3, 0.4) is 0 Å². The molecule has 0 N–H and O–H groups in total. The van der Waals surface area contributed by atoms with E-state index in [-0.39, 0.29) is 12.4 Å². The van der Waals surface area contributed by atoms with Gasteiger partial charge in [-0.3, -0.25) is 4.79 Å². The molecule has 0 aliphatic rings. The lowest BCUT2D eigenvalue weighted by molar-refractivity contribution is -0.146. The topological polar surface area (TPSA) is 50.1 Å². The van der Waals surface area contributed by atoms with Gasteiger partial charge in [-0.1, -0.05) is 19.6 Å². The van der Waals surface area contributed by atoms with E-state index >= 15 is 0 Å². The Kier molecular flexibility index (Phi) is 4.83. The summed E-state index contributed by atoms with van der Waals surface area (Å²) in [5.41, 5.74) is 0. The Morgan fingerprint density at radius 1 is 1.91 bits per heavy atom. The second kappa shape index (κ2) is 5.48. The molecule has 1 atom stereocenters. The summed E-state index contributed by atoms with van der Waals surface area (Å²) in [7, 11) is 0. The normalized spacial score (nSPS) is 11.3. The average Bonchev–Trinajstić information content (AvgIpc) is 2.03. The molecule has 0 heterocycles. The molecule has 0 aromatic rings. The number of ether oxygens (including phenoxy) is 1. The number of hydrogen-bond donors (Lipinski definition) is 0. The molecule has 0 amide bonds. The molecule has 0 saturated carbocycles. The third-order valence-electron chi connectivity index (χ3n) is 1.13. The first-order valence-corrected chi connectivity index (χ1v) is 3.43. The van der Waals surface area contributed by atoms with Crippen LogP contribution in [-0.4, -0.2) is 12.1 Å². The summed E-state index contributed by atoms with van der Waals surface area (Å²) in [5, 5.41) is 8.26. The molecule has 3 nitrogen and oxygen atoms in total. The van der Waals surface area contributed by atoms with Crippen LogP contribution in [0, 0.1) is 11.3 Å². The lowest BCUT2D eigenvalue weighted by Crippen LogP contribution is -2.14. The van der Waals surface area contributed by atoms with Crippen molar-refractivity contribution >= 4 is 5.97 Å². The molecule has 0 spiro atoms. The highest BCUT2D eigenvalue weighted by Crippen LogP contribution is 2.00. The van der Waals surface area contributed by atoms with E-state index < -0.39 is 6.10 Å². The SMILES string of the molecule is C=CC(CC#N)OC(=O)CC. The van der Waals surface area contributed by atoms with Crippen molar-refractivity contribution in [1.82, 2.24) is 0 Å². The lowest BCUT2D eigenvalue weighted by Gasteiger charge is -2.08. The number of hydrogen-bond acceptors (Lipinski definition) is 3.